The molecule has 5 heteroatoms. The molecule has 0 aliphatic heterocycles. The number of aryl methyl sites for hydroxylation is 3. The molecule has 2 rings (SSSR count). The van der Waals surface area contributed by atoms with Gasteiger partial charge >= 0.3 is 5.97 Å². The molecule has 0 atom stereocenters. The van der Waals surface area contributed by atoms with E-state index in [1.165, 1.54) is 6.08 Å². The first-order valence-electron chi connectivity index (χ1n) is 5.42. The normalized spacial score (nSPS) is 11.7. The Morgan fingerprint density at radius 2 is 2.24 bits per heavy atom. The summed E-state index contributed by atoms with van der Waals surface area (Å²) in [6.45, 7) is 6.68. The number of aromatic nitrogens is 2. The van der Waals surface area contributed by atoms with Crippen molar-refractivity contribution in [2.24, 2.45) is 0 Å². The molecule has 0 saturated carbocycles. The Kier molecular flexibility index (Phi) is 2.75. The van der Waals surface area contributed by atoms with E-state index >= 15 is 0 Å². The minimum Gasteiger partial charge on any atom is -0.478 e. The third kappa shape index (κ3) is 1.84. The Morgan fingerprint density at radius 3 is 2.76 bits per heavy atom. The highest BCUT2D eigenvalue weighted by Crippen LogP contribution is 2.28. The zero-order valence-electron chi connectivity index (χ0n) is 10.0. The van der Waals surface area contributed by atoms with Gasteiger partial charge in [-0.2, -0.15) is 0 Å². The first kappa shape index (κ1) is 11.4. The Hall–Kier alpha value is -2.04. The van der Waals surface area contributed by atoms with E-state index in [2.05, 4.69) is 5.10 Å². The van der Waals surface area contributed by atoms with Gasteiger partial charge < -0.3 is 9.52 Å². The molecule has 2 heterocycles. The van der Waals surface area contributed by atoms with Crippen LogP contribution in [0.1, 0.15) is 23.9 Å². The van der Waals surface area contributed by atoms with E-state index in [1.54, 1.807) is 0 Å². The van der Waals surface area contributed by atoms with Gasteiger partial charge in [-0.3, -0.25) is 4.68 Å². The van der Waals surface area contributed by atoms with Crippen LogP contribution in [0.2, 0.25) is 0 Å². The molecule has 0 fully saturated rings. The molecule has 0 saturated heterocycles. The van der Waals surface area contributed by atoms with Crippen molar-refractivity contribution in [2.75, 3.05) is 0 Å². The Balaban J connectivity index is 2.55. The number of carboxylic acids is 1. The number of aliphatic carboxylic acids is 1. The van der Waals surface area contributed by atoms with Gasteiger partial charge in [-0.25, -0.2) is 4.79 Å². The molecule has 90 valence electrons. The third-order valence-electron chi connectivity index (χ3n) is 2.80. The minimum atomic E-state index is -0.992. The van der Waals surface area contributed by atoms with E-state index in [0.29, 0.717) is 11.5 Å². The van der Waals surface area contributed by atoms with Crippen LogP contribution < -0.4 is 0 Å². The topological polar surface area (TPSA) is 68.3 Å². The third-order valence-corrected chi connectivity index (χ3v) is 2.80. The van der Waals surface area contributed by atoms with Gasteiger partial charge in [0.1, 0.15) is 5.76 Å². The molecule has 2 aromatic rings. The van der Waals surface area contributed by atoms with Crippen LogP contribution >= 0.6 is 0 Å². The molecule has 1 N–H and O–H groups in total. The van der Waals surface area contributed by atoms with Crippen LogP contribution in [0.4, 0.5) is 0 Å². The van der Waals surface area contributed by atoms with Gasteiger partial charge in [-0.15, -0.1) is 5.10 Å². The van der Waals surface area contributed by atoms with Crippen LogP contribution in [0.3, 0.4) is 0 Å². The smallest absolute Gasteiger partial charge is 0.328 e. The second kappa shape index (κ2) is 4.08. The van der Waals surface area contributed by atoms with Crippen molar-refractivity contribution in [1.82, 2.24) is 9.78 Å². The summed E-state index contributed by atoms with van der Waals surface area (Å²) in [4.78, 5) is 10.5. The van der Waals surface area contributed by atoms with Gasteiger partial charge in [0.2, 0.25) is 5.71 Å². The molecular formula is C12H14N2O3. The second-order valence-electron chi connectivity index (χ2n) is 3.84. The number of hydrogen-bond donors (Lipinski definition) is 1. The summed E-state index contributed by atoms with van der Waals surface area (Å²) in [5.41, 5.74) is 2.53. The predicted molar refractivity (Wildman–Crippen MR) is 63.8 cm³/mol. The molecule has 0 radical (unpaired) electrons. The fourth-order valence-corrected chi connectivity index (χ4v) is 1.94. The predicted octanol–water partition coefficient (Wildman–Crippen LogP) is 2.36. The molecule has 0 unspecified atom stereocenters. The lowest BCUT2D eigenvalue weighted by molar-refractivity contribution is -0.131. The molecule has 5 nitrogen and oxygen atoms in total. The van der Waals surface area contributed by atoms with Crippen LogP contribution in [0.15, 0.2) is 10.5 Å². The number of carboxylic acid groups (broad SMARTS) is 1. The maximum atomic E-state index is 10.5. The average molecular weight is 234 g/mol. The lowest BCUT2D eigenvalue weighted by Crippen LogP contribution is -1.98. The van der Waals surface area contributed by atoms with Crippen molar-refractivity contribution in [3.05, 3.63) is 23.1 Å². The fraction of sp³-hybridized carbons (Fsp3) is 0.333. The molecule has 17 heavy (non-hydrogen) atoms. The first-order valence-corrected chi connectivity index (χ1v) is 5.42. The summed E-state index contributed by atoms with van der Waals surface area (Å²) < 4.78 is 7.40. The van der Waals surface area contributed by atoms with Gasteiger partial charge in [-0.05, 0) is 26.8 Å². The highest BCUT2D eigenvalue weighted by molar-refractivity contribution is 5.88. The van der Waals surface area contributed by atoms with E-state index in [0.717, 1.165) is 29.3 Å². The van der Waals surface area contributed by atoms with Gasteiger partial charge in [0, 0.05) is 23.9 Å². The van der Waals surface area contributed by atoms with Crippen molar-refractivity contribution in [3.63, 3.8) is 0 Å². The summed E-state index contributed by atoms with van der Waals surface area (Å²) in [6, 6.07) is 0. The molecule has 0 amide bonds. The monoisotopic (exact) mass is 234 g/mol. The number of hydrogen-bond acceptors (Lipinski definition) is 3. The molecule has 2 aromatic heterocycles. The molecule has 0 bridgehead atoms. The average Bonchev–Trinajstić information content (AvgIpc) is 2.75. The van der Waals surface area contributed by atoms with E-state index in [-0.39, 0.29) is 0 Å². The number of nitrogens with zero attached hydrogens (tertiary/aromatic N) is 2. The van der Waals surface area contributed by atoms with Crippen LogP contribution in [0.25, 0.3) is 17.2 Å². The van der Waals surface area contributed by atoms with Crippen LogP contribution in [0.5, 0.6) is 0 Å². The summed E-state index contributed by atoms with van der Waals surface area (Å²) in [6.07, 6.45) is 2.52. The molecule has 0 aliphatic carbocycles. The lowest BCUT2D eigenvalue weighted by atomic mass is 10.2. The maximum absolute atomic E-state index is 10.5. The first-order chi connectivity index (χ1) is 8.04. The largest absolute Gasteiger partial charge is 0.478 e. The van der Waals surface area contributed by atoms with Gasteiger partial charge in [0.25, 0.3) is 0 Å². The number of carbonyl (C=O) groups is 1. The van der Waals surface area contributed by atoms with E-state index in [1.807, 2.05) is 25.5 Å². The van der Waals surface area contributed by atoms with Crippen LogP contribution in [-0.2, 0) is 11.3 Å². The summed E-state index contributed by atoms with van der Waals surface area (Å²) in [5.74, 6) is -0.440. The minimum absolute atomic E-state index is 0.552. The van der Waals surface area contributed by atoms with Crippen LogP contribution in [-0.4, -0.2) is 20.9 Å². The Labute approximate surface area is 98.3 Å². The van der Waals surface area contributed by atoms with Crippen molar-refractivity contribution in [1.29, 1.82) is 0 Å². The van der Waals surface area contributed by atoms with Crippen molar-refractivity contribution >= 4 is 23.1 Å². The van der Waals surface area contributed by atoms with E-state index in [9.17, 15) is 4.79 Å². The van der Waals surface area contributed by atoms with Crippen molar-refractivity contribution in [2.45, 2.75) is 27.3 Å². The van der Waals surface area contributed by atoms with Crippen molar-refractivity contribution in [3.8, 4) is 0 Å². The summed E-state index contributed by atoms with van der Waals surface area (Å²) in [7, 11) is 0. The maximum Gasteiger partial charge on any atom is 0.328 e. The SMILES string of the molecule is CCn1nc2oc(/C=C/C(=O)O)c(C)c2c1C. The molecule has 0 spiro atoms. The summed E-state index contributed by atoms with van der Waals surface area (Å²) >= 11 is 0. The highest BCUT2D eigenvalue weighted by Gasteiger charge is 2.16. The lowest BCUT2D eigenvalue weighted by Gasteiger charge is -1.98. The fourth-order valence-electron chi connectivity index (χ4n) is 1.94. The summed E-state index contributed by atoms with van der Waals surface area (Å²) in [5, 5.41) is 13.9. The second-order valence-corrected chi connectivity index (χ2v) is 3.84. The van der Waals surface area contributed by atoms with Gasteiger partial charge in [0.05, 0.1) is 5.39 Å². The van der Waals surface area contributed by atoms with Crippen LogP contribution in [0, 0.1) is 13.8 Å². The van der Waals surface area contributed by atoms with Gasteiger partial charge in [0.15, 0.2) is 0 Å². The quantitative estimate of drug-likeness (QED) is 0.828. The zero-order chi connectivity index (χ0) is 12.6. The van der Waals surface area contributed by atoms with E-state index in [4.69, 9.17) is 9.52 Å². The Morgan fingerprint density at radius 1 is 1.53 bits per heavy atom. The van der Waals surface area contributed by atoms with Gasteiger partial charge in [-0.1, -0.05) is 0 Å². The molecule has 0 aromatic carbocycles. The number of furan rings is 1. The van der Waals surface area contributed by atoms with Crippen molar-refractivity contribution < 1.29 is 14.3 Å². The molecule has 0 aliphatic rings. The number of fused-ring (bicyclic) bond motifs is 1. The highest BCUT2D eigenvalue weighted by atomic mass is 16.4. The molecular weight excluding hydrogens is 220 g/mol. The number of rotatable bonds is 3. The standard InChI is InChI=1S/C12H14N2O3/c1-4-14-8(3)11-7(2)9(5-6-10(15)16)17-12(11)13-14/h5-6H,4H2,1-3H3,(H,15,16)/b6-5+. The zero-order valence-corrected chi connectivity index (χ0v) is 10.0. The Bertz CT molecular complexity index is 605. The van der Waals surface area contributed by atoms with E-state index < -0.39 is 5.97 Å².